The van der Waals surface area contributed by atoms with Crippen molar-refractivity contribution >= 4 is 23.5 Å². The second-order valence-corrected chi connectivity index (χ2v) is 14.5. The minimum atomic E-state index is -0.623. The summed E-state index contributed by atoms with van der Waals surface area (Å²) < 4.78 is 11.3. The molecule has 0 radical (unpaired) electrons. The smallest absolute Gasteiger partial charge is 0.303 e. The van der Waals surface area contributed by atoms with Gasteiger partial charge in [-0.05, 0) is 80.5 Å². The summed E-state index contributed by atoms with van der Waals surface area (Å²) in [5.74, 6) is -1.22. The van der Waals surface area contributed by atoms with Crippen molar-refractivity contribution in [2.24, 2.45) is 11.8 Å². The Balaban J connectivity index is 2.14. The van der Waals surface area contributed by atoms with Gasteiger partial charge >= 0.3 is 11.9 Å². The van der Waals surface area contributed by atoms with E-state index < -0.39 is 24.1 Å². The average molecular weight is 705 g/mol. The number of esters is 2. The van der Waals surface area contributed by atoms with E-state index >= 15 is 0 Å². The van der Waals surface area contributed by atoms with Gasteiger partial charge in [0, 0.05) is 42.0 Å². The molecule has 9 heteroatoms. The van der Waals surface area contributed by atoms with E-state index in [1.165, 1.54) is 32.0 Å². The lowest BCUT2D eigenvalue weighted by molar-refractivity contribution is -0.150. The molecule has 0 bridgehead atoms. The predicted molar refractivity (Wildman–Crippen MR) is 195 cm³/mol. The fraction of sp³-hybridized carbons (Fsp3) is 0.650. The quantitative estimate of drug-likeness (QED) is 0.0510. The lowest BCUT2D eigenvalue weighted by Crippen LogP contribution is -2.17. The molecule has 0 aliphatic rings. The molecule has 8 nitrogen and oxygen atoms in total. The normalized spacial score (nSPS) is 15.2. The van der Waals surface area contributed by atoms with E-state index in [-0.39, 0.29) is 46.1 Å². The van der Waals surface area contributed by atoms with Crippen molar-refractivity contribution in [1.82, 2.24) is 0 Å². The van der Waals surface area contributed by atoms with Gasteiger partial charge in [-0.15, -0.1) is 11.6 Å². The molecule has 4 N–H and O–H groups in total. The third-order valence-corrected chi connectivity index (χ3v) is 9.87. The summed E-state index contributed by atoms with van der Waals surface area (Å²) in [4.78, 5) is 24.0. The Morgan fingerprint density at radius 1 is 0.612 bits per heavy atom. The first-order valence-electron chi connectivity index (χ1n) is 18.3. The second kappa shape index (κ2) is 21.8. The summed E-state index contributed by atoms with van der Waals surface area (Å²) in [5, 5.41) is 42.8. The van der Waals surface area contributed by atoms with Crippen molar-refractivity contribution in [3.05, 3.63) is 47.0 Å². The number of rotatable bonds is 23. The van der Waals surface area contributed by atoms with Crippen LogP contribution in [0.3, 0.4) is 0 Å². The molecule has 6 atom stereocenters. The molecule has 0 spiro atoms. The zero-order valence-electron chi connectivity index (χ0n) is 30.6. The maximum atomic E-state index is 12.1. The van der Waals surface area contributed by atoms with Crippen LogP contribution >= 0.6 is 11.6 Å². The Hall–Kier alpha value is -3.13. The van der Waals surface area contributed by atoms with Crippen LogP contribution in [0.1, 0.15) is 166 Å². The zero-order chi connectivity index (χ0) is 36.5. The molecule has 0 saturated carbocycles. The summed E-state index contributed by atoms with van der Waals surface area (Å²) in [5.41, 5.74) is 1.63. The third-order valence-electron chi connectivity index (χ3n) is 9.43. The van der Waals surface area contributed by atoms with Crippen LogP contribution in [-0.2, 0) is 19.1 Å². The highest BCUT2D eigenvalue weighted by atomic mass is 35.5. The maximum Gasteiger partial charge on any atom is 0.303 e. The van der Waals surface area contributed by atoms with Gasteiger partial charge in [0.2, 0.25) is 0 Å². The van der Waals surface area contributed by atoms with Crippen LogP contribution < -0.4 is 0 Å². The van der Waals surface area contributed by atoms with Crippen LogP contribution in [0.5, 0.6) is 23.0 Å². The van der Waals surface area contributed by atoms with E-state index in [4.69, 9.17) is 21.1 Å². The molecule has 1 unspecified atom stereocenters. The minimum Gasteiger partial charge on any atom is -0.508 e. The number of benzene rings is 2. The first kappa shape index (κ1) is 42.0. The van der Waals surface area contributed by atoms with Gasteiger partial charge in [0.25, 0.3) is 0 Å². The van der Waals surface area contributed by atoms with Gasteiger partial charge < -0.3 is 29.9 Å². The van der Waals surface area contributed by atoms with Crippen LogP contribution in [0, 0.1) is 11.8 Å². The number of unbranched alkanes of at least 4 members (excludes halogenated alkanes) is 4. The van der Waals surface area contributed by atoms with Crippen molar-refractivity contribution < 1.29 is 39.5 Å². The van der Waals surface area contributed by atoms with Gasteiger partial charge in [-0.1, -0.05) is 79.1 Å². The lowest BCUT2D eigenvalue weighted by atomic mass is 9.84. The molecule has 0 aliphatic carbocycles. The van der Waals surface area contributed by atoms with Crippen molar-refractivity contribution in [3.8, 4) is 23.0 Å². The Bertz CT molecular complexity index is 1250. The number of hydrogen-bond acceptors (Lipinski definition) is 8. The van der Waals surface area contributed by atoms with E-state index in [0.717, 1.165) is 89.9 Å². The largest absolute Gasteiger partial charge is 0.508 e. The first-order valence-corrected chi connectivity index (χ1v) is 18.8. The maximum absolute atomic E-state index is 12.1. The molecule has 2 aromatic carbocycles. The Labute approximate surface area is 299 Å². The van der Waals surface area contributed by atoms with Crippen LogP contribution in [0.4, 0.5) is 0 Å². The molecule has 276 valence electrons. The summed E-state index contributed by atoms with van der Waals surface area (Å²) in [7, 11) is 0. The zero-order valence-corrected chi connectivity index (χ0v) is 31.3. The summed E-state index contributed by atoms with van der Waals surface area (Å²) in [6, 6.07) is 7.52. The van der Waals surface area contributed by atoms with Crippen molar-refractivity contribution in [1.29, 1.82) is 0 Å². The lowest BCUT2D eigenvalue weighted by Gasteiger charge is -2.27. The highest BCUT2D eigenvalue weighted by molar-refractivity contribution is 6.20. The second-order valence-electron chi connectivity index (χ2n) is 13.9. The molecular formula is C40H61ClO8. The SMILES string of the molecule is CCCCC(Cl)CCCC[C@H](C)[C@@H](OC(C)=O)c1cc(O)c([C@@H](CCCC)CCCC[C@H](C)[C@@H](OC(C)=O)c2cc(O)cc(O)c2)c(O)c1. The van der Waals surface area contributed by atoms with Gasteiger partial charge in [-0.3, -0.25) is 9.59 Å². The topological polar surface area (TPSA) is 134 Å². The van der Waals surface area contributed by atoms with E-state index in [1.807, 2.05) is 13.8 Å². The summed E-state index contributed by atoms with van der Waals surface area (Å²) >= 11 is 6.47. The van der Waals surface area contributed by atoms with E-state index in [1.54, 1.807) is 12.1 Å². The Kier molecular flexibility index (Phi) is 18.7. The fourth-order valence-corrected chi connectivity index (χ4v) is 7.15. The number of phenolic OH excluding ortho intramolecular Hbond substituents is 4. The van der Waals surface area contributed by atoms with Gasteiger partial charge in [0.1, 0.15) is 35.2 Å². The molecule has 0 aromatic heterocycles. The number of alkyl halides is 1. The van der Waals surface area contributed by atoms with E-state index in [0.29, 0.717) is 16.7 Å². The molecule has 0 heterocycles. The van der Waals surface area contributed by atoms with Gasteiger partial charge in [0.05, 0.1) is 0 Å². The molecule has 2 aromatic rings. The van der Waals surface area contributed by atoms with Crippen LogP contribution in [0.15, 0.2) is 30.3 Å². The van der Waals surface area contributed by atoms with Crippen molar-refractivity contribution in [2.45, 2.75) is 155 Å². The van der Waals surface area contributed by atoms with Crippen LogP contribution in [0.25, 0.3) is 0 Å². The van der Waals surface area contributed by atoms with Gasteiger partial charge in [-0.25, -0.2) is 0 Å². The molecule has 0 saturated heterocycles. The fourth-order valence-electron chi connectivity index (χ4n) is 6.84. The predicted octanol–water partition coefficient (Wildman–Crippen LogP) is 10.9. The van der Waals surface area contributed by atoms with Crippen LogP contribution in [-0.4, -0.2) is 37.7 Å². The van der Waals surface area contributed by atoms with Crippen LogP contribution in [0.2, 0.25) is 0 Å². The van der Waals surface area contributed by atoms with E-state index in [9.17, 15) is 30.0 Å². The van der Waals surface area contributed by atoms with Gasteiger partial charge in [0.15, 0.2) is 0 Å². The molecule has 49 heavy (non-hydrogen) atoms. The van der Waals surface area contributed by atoms with Crippen molar-refractivity contribution in [2.75, 3.05) is 0 Å². The molecule has 2 rings (SSSR count). The number of phenols is 4. The Morgan fingerprint density at radius 3 is 1.47 bits per heavy atom. The monoisotopic (exact) mass is 704 g/mol. The molecule has 0 aliphatic heterocycles. The molecule has 0 amide bonds. The van der Waals surface area contributed by atoms with Gasteiger partial charge in [-0.2, -0.15) is 0 Å². The minimum absolute atomic E-state index is 0.00773. The highest BCUT2D eigenvalue weighted by Crippen LogP contribution is 2.44. The van der Waals surface area contributed by atoms with Crippen molar-refractivity contribution in [3.63, 3.8) is 0 Å². The first-order chi connectivity index (χ1) is 23.3. The molecule has 0 fully saturated rings. The number of carbonyl (C=O) groups excluding carboxylic acids is 2. The standard InChI is InChI=1S/C40H61ClO8/c1-7-9-17-30(18-13-11-15-26(3)39(48-28(5)42)31-21-34(44)25-35(45)22-31)38-36(46)23-32(24-37(38)47)40(49-29(6)43)27(4)16-12-14-20-33(41)19-10-8-2/h21-27,30,33,39-40,44-47H,7-20H2,1-6H3/t26-,27-,30-,33?,39+,40+/m0/s1. The average Bonchev–Trinajstić information content (AvgIpc) is 3.02. The number of carbonyl (C=O) groups is 2. The molecular weight excluding hydrogens is 644 g/mol. The summed E-state index contributed by atoms with van der Waals surface area (Å²) in [6.07, 6.45) is 11.6. The number of aromatic hydroxyl groups is 4. The number of halogens is 1. The van der Waals surface area contributed by atoms with E-state index in [2.05, 4.69) is 13.8 Å². The highest BCUT2D eigenvalue weighted by Gasteiger charge is 2.28. The Morgan fingerprint density at radius 2 is 1.00 bits per heavy atom. The number of ether oxygens (including phenoxy) is 2. The number of hydrogen-bond donors (Lipinski definition) is 4. The summed E-state index contributed by atoms with van der Waals surface area (Å²) in [6.45, 7) is 11.0. The third kappa shape index (κ3) is 14.7.